The highest BCUT2D eigenvalue weighted by Gasteiger charge is 2.34. The molecule has 0 amide bonds. The van der Waals surface area contributed by atoms with E-state index in [1.165, 1.54) is 6.07 Å². The zero-order valence-corrected chi connectivity index (χ0v) is 12.5. The molecule has 0 aliphatic carbocycles. The van der Waals surface area contributed by atoms with E-state index < -0.39 is 30.8 Å². The highest BCUT2D eigenvalue weighted by molar-refractivity contribution is 7.29. The molecule has 0 fully saturated rings. The van der Waals surface area contributed by atoms with Gasteiger partial charge in [0.1, 0.15) is 5.82 Å². The van der Waals surface area contributed by atoms with Gasteiger partial charge in [-0.15, -0.1) is 0 Å². The van der Waals surface area contributed by atoms with Crippen LogP contribution in [0, 0.1) is 5.82 Å². The molecule has 0 saturated heterocycles. The van der Waals surface area contributed by atoms with Gasteiger partial charge in [-0.3, -0.25) is 0 Å². The number of rotatable bonds is 3. The van der Waals surface area contributed by atoms with Crippen LogP contribution in [0.4, 0.5) is 17.6 Å². The summed E-state index contributed by atoms with van der Waals surface area (Å²) in [6.07, 6.45) is -4.76. The number of alkyl halides is 3. The zero-order chi connectivity index (χ0) is 14.9. The van der Waals surface area contributed by atoms with Crippen molar-refractivity contribution in [3.05, 3.63) is 29.6 Å². The van der Waals surface area contributed by atoms with E-state index >= 15 is 0 Å². The number of hydrogen-bond acceptors (Lipinski definition) is 4. The molecule has 0 saturated carbocycles. The third-order valence-corrected chi connectivity index (χ3v) is 6.78. The van der Waals surface area contributed by atoms with Crippen LogP contribution in [0.1, 0.15) is 5.56 Å². The molecule has 0 radical (unpaired) electrons. The van der Waals surface area contributed by atoms with Gasteiger partial charge in [0.2, 0.25) is 0 Å². The predicted octanol–water partition coefficient (Wildman–Crippen LogP) is 2.30. The van der Waals surface area contributed by atoms with Crippen molar-refractivity contribution in [2.24, 2.45) is 5.73 Å². The van der Waals surface area contributed by atoms with Crippen LogP contribution in [0.5, 0.6) is 0 Å². The lowest BCUT2D eigenvalue weighted by molar-refractivity contribution is -0.139. The van der Waals surface area contributed by atoms with Crippen molar-refractivity contribution in [1.29, 1.82) is 0 Å². The molecule has 10 heteroatoms. The van der Waals surface area contributed by atoms with Crippen LogP contribution < -0.4 is 9.60 Å². The molecule has 0 aliphatic heterocycles. The maximum atomic E-state index is 13.2. The van der Waals surface area contributed by atoms with Crippen molar-refractivity contribution in [3.8, 4) is 11.4 Å². The quantitative estimate of drug-likeness (QED) is 0.689. The lowest BCUT2D eigenvalue weighted by atomic mass is 10.1. The molecule has 20 heavy (non-hydrogen) atoms. The fourth-order valence-electron chi connectivity index (χ4n) is 1.46. The maximum absolute atomic E-state index is 13.2. The third kappa shape index (κ3) is 3.30. The van der Waals surface area contributed by atoms with Crippen LogP contribution >= 0.6 is 21.6 Å². The number of halogens is 5. The van der Waals surface area contributed by atoms with Crippen LogP contribution in [0.2, 0.25) is 0 Å². The van der Waals surface area contributed by atoms with Crippen molar-refractivity contribution < 1.29 is 17.6 Å². The summed E-state index contributed by atoms with van der Waals surface area (Å²) in [5.41, 5.74) is 4.17. The molecule has 2 aromatic rings. The van der Waals surface area contributed by atoms with E-state index in [0.29, 0.717) is 9.94 Å². The van der Waals surface area contributed by atoms with Crippen LogP contribution in [0.25, 0.3) is 11.4 Å². The summed E-state index contributed by atoms with van der Waals surface area (Å²) in [5.74, 6) is -1.23. The van der Waals surface area contributed by atoms with Crippen LogP contribution in [-0.2, 0) is 6.18 Å². The van der Waals surface area contributed by atoms with Crippen molar-refractivity contribution in [1.82, 2.24) is 9.36 Å². The normalized spacial score (nSPS) is 11.7. The average Bonchev–Trinajstić information content (AvgIpc) is 2.86. The Hall–Kier alpha value is -0.718. The molecule has 1 aromatic carbocycles. The first-order valence-corrected chi connectivity index (χ1v) is 9.29. The second kappa shape index (κ2) is 5.95. The standard InChI is InChI=1S/C9H3F4N2S.CH4N.Al.ClH/c10-7-2-1-5(8-14-4-16-15-8)3-6(7)9(11,12)13;1-2;;/h1-3H;1-2H2;;1H/q;;+1;/p-1. The summed E-state index contributed by atoms with van der Waals surface area (Å²) in [6, 6.07) is 2.63. The van der Waals surface area contributed by atoms with Gasteiger partial charge in [0.05, 0.1) is 9.43 Å². The molecule has 2 N–H and O–H groups in total. The van der Waals surface area contributed by atoms with E-state index in [4.69, 9.17) is 15.8 Å². The summed E-state index contributed by atoms with van der Waals surface area (Å²) in [7, 11) is 6.00. The number of nitrogens with zero attached hydrogens (tertiary/aromatic N) is 2. The zero-order valence-electron chi connectivity index (χ0n) is 9.79. The molecule has 0 unspecified atom stereocenters. The summed E-state index contributed by atoms with van der Waals surface area (Å²) in [4.78, 5) is 4.07. The van der Waals surface area contributed by atoms with E-state index in [1.54, 1.807) is 0 Å². The Bertz CT molecular complexity index is 619. The number of hydrogen-bond donors (Lipinski definition) is 1. The molecule has 0 atom stereocenters. The minimum Gasteiger partial charge on any atom is -0.341 e. The van der Waals surface area contributed by atoms with Gasteiger partial charge in [0, 0.05) is 5.56 Å². The van der Waals surface area contributed by atoms with E-state index in [-0.39, 0.29) is 16.8 Å². The average molecular weight is 340 g/mol. The second-order valence-corrected chi connectivity index (χ2v) is 8.59. The number of nitrogens with two attached hydrogens (primary N) is 1. The fourth-order valence-corrected chi connectivity index (χ4v) is 3.79. The summed E-state index contributed by atoms with van der Waals surface area (Å²) >= 11 is -0.891. The van der Waals surface area contributed by atoms with Crippen molar-refractivity contribution in [2.45, 2.75) is 6.18 Å². The molecule has 1 aromatic heterocycles. The minimum absolute atomic E-state index is 0.0936. The first-order valence-electron chi connectivity index (χ1n) is 5.37. The van der Waals surface area contributed by atoms with E-state index in [2.05, 4.69) is 9.36 Å². The summed E-state index contributed by atoms with van der Waals surface area (Å²) in [5, 5.41) is 0.271. The molecule has 0 aliphatic rings. The molecule has 0 bridgehead atoms. The van der Waals surface area contributed by atoms with Crippen molar-refractivity contribution >= 4 is 38.7 Å². The predicted molar refractivity (Wildman–Crippen MR) is 70.6 cm³/mol. The molecule has 106 valence electrons. The Morgan fingerprint density at radius 3 is 2.65 bits per heavy atom. The van der Waals surface area contributed by atoms with Gasteiger partial charge in [-0.2, -0.15) is 17.5 Å². The number of benzene rings is 1. The molecule has 3 nitrogen and oxygen atoms in total. The Labute approximate surface area is 124 Å². The van der Waals surface area contributed by atoms with Gasteiger partial charge in [-0.1, -0.05) is 0 Å². The van der Waals surface area contributed by atoms with E-state index in [9.17, 15) is 17.6 Å². The van der Waals surface area contributed by atoms with Crippen LogP contribution in [0.3, 0.4) is 0 Å². The highest BCUT2D eigenvalue weighted by atomic mass is 35.6. The van der Waals surface area contributed by atoms with Gasteiger partial charge >= 0.3 is 19.4 Å². The topological polar surface area (TPSA) is 51.8 Å². The van der Waals surface area contributed by atoms with Gasteiger partial charge in [-0.05, 0) is 35.1 Å². The van der Waals surface area contributed by atoms with Crippen LogP contribution in [0.15, 0.2) is 18.2 Å². The summed E-state index contributed by atoms with van der Waals surface area (Å²) in [6.45, 7) is 0. The molecule has 0 spiro atoms. The maximum Gasteiger partial charge on any atom is 0.495 e. The Balaban J connectivity index is 2.41. The van der Waals surface area contributed by atoms with Gasteiger partial charge < -0.3 is 5.73 Å². The SMILES string of the molecule is N[CH2][Al]([Cl])[c]1nc(-c2ccc(F)c(C(F)(F)F)c2)ns1. The lowest BCUT2D eigenvalue weighted by Crippen LogP contribution is -2.32. The van der Waals surface area contributed by atoms with Gasteiger partial charge in [-0.25, -0.2) is 19.4 Å². The smallest absolute Gasteiger partial charge is 0.341 e. The molecule has 1 heterocycles. The van der Waals surface area contributed by atoms with Crippen molar-refractivity contribution in [2.75, 3.05) is 5.41 Å². The Morgan fingerprint density at radius 2 is 2.05 bits per heavy atom. The highest BCUT2D eigenvalue weighted by Crippen LogP contribution is 2.33. The first-order chi connectivity index (χ1) is 9.32. The Morgan fingerprint density at radius 1 is 1.35 bits per heavy atom. The van der Waals surface area contributed by atoms with Gasteiger partial charge in [0.15, 0.2) is 5.82 Å². The molecular formula is C10H7AlClF4N3S. The van der Waals surface area contributed by atoms with E-state index in [1.807, 2.05) is 0 Å². The Kier molecular flexibility index (Phi) is 4.66. The third-order valence-electron chi connectivity index (χ3n) is 2.45. The lowest BCUT2D eigenvalue weighted by Gasteiger charge is -2.08. The largest absolute Gasteiger partial charge is 0.495 e. The van der Waals surface area contributed by atoms with Crippen LogP contribution in [-0.4, -0.2) is 28.0 Å². The molecular weight excluding hydrogens is 333 g/mol. The van der Waals surface area contributed by atoms with E-state index in [0.717, 1.165) is 17.6 Å². The number of aromatic nitrogens is 2. The monoisotopic (exact) mass is 339 g/mol. The second-order valence-electron chi connectivity index (χ2n) is 3.85. The first kappa shape index (κ1) is 15.7. The minimum atomic E-state index is -4.76. The molecule has 2 rings (SSSR count). The van der Waals surface area contributed by atoms with Gasteiger partial charge in [0.25, 0.3) is 0 Å². The fraction of sp³-hybridized carbons (Fsp3) is 0.200. The van der Waals surface area contributed by atoms with Crippen molar-refractivity contribution in [3.63, 3.8) is 0 Å². The summed E-state index contributed by atoms with van der Waals surface area (Å²) < 4.78 is 55.5.